The van der Waals surface area contributed by atoms with Crippen LogP contribution in [0.1, 0.15) is 22.8 Å². The highest BCUT2D eigenvalue weighted by Gasteiger charge is 2.31. The van der Waals surface area contributed by atoms with E-state index in [0.717, 1.165) is 30.3 Å². The van der Waals surface area contributed by atoms with Crippen LogP contribution < -0.4 is 0 Å². The number of halogens is 4. The van der Waals surface area contributed by atoms with Gasteiger partial charge in [-0.15, -0.1) is 0 Å². The Bertz CT molecular complexity index is 1030. The molecule has 0 aliphatic heterocycles. The molecule has 3 aromatic rings. The Balaban J connectivity index is 2.27. The van der Waals surface area contributed by atoms with Crippen LogP contribution in [0.2, 0.25) is 0 Å². The Hall–Kier alpha value is -3.35. The molecule has 0 aromatic heterocycles. The smallest absolute Gasteiger partial charge is 0.416 e. The summed E-state index contributed by atoms with van der Waals surface area (Å²) in [5, 5.41) is 10.5. The summed E-state index contributed by atoms with van der Waals surface area (Å²) in [6.07, 6.45) is -4.56. The maximum absolute atomic E-state index is 15.5. The number of benzene rings is 3. The molecule has 150 valence electrons. The van der Waals surface area contributed by atoms with Crippen molar-refractivity contribution < 1.29 is 32.2 Å². The largest absolute Gasteiger partial charge is 0.507 e. The SMILES string of the molecule is CCOC(=O)c1c(O)cc(-c2ccccc2)c(F)c1-c1ccc(C(F)(F)F)cc1. The first-order valence-corrected chi connectivity index (χ1v) is 8.69. The van der Waals surface area contributed by atoms with E-state index in [9.17, 15) is 23.1 Å². The molecule has 3 aromatic carbocycles. The zero-order chi connectivity index (χ0) is 21.2. The van der Waals surface area contributed by atoms with E-state index < -0.39 is 34.8 Å². The van der Waals surface area contributed by atoms with Crippen LogP contribution in [0.3, 0.4) is 0 Å². The molecule has 0 unspecified atom stereocenters. The van der Waals surface area contributed by atoms with Gasteiger partial charge in [0, 0.05) is 11.1 Å². The monoisotopic (exact) mass is 404 g/mol. The van der Waals surface area contributed by atoms with E-state index in [1.165, 1.54) is 0 Å². The summed E-state index contributed by atoms with van der Waals surface area (Å²) >= 11 is 0. The zero-order valence-electron chi connectivity index (χ0n) is 15.3. The van der Waals surface area contributed by atoms with Gasteiger partial charge in [0.2, 0.25) is 0 Å². The van der Waals surface area contributed by atoms with Crippen molar-refractivity contribution in [2.24, 2.45) is 0 Å². The Morgan fingerprint density at radius 1 is 1.00 bits per heavy atom. The molecule has 0 amide bonds. The van der Waals surface area contributed by atoms with E-state index in [1.54, 1.807) is 37.3 Å². The highest BCUT2D eigenvalue weighted by atomic mass is 19.4. The topological polar surface area (TPSA) is 46.5 Å². The van der Waals surface area contributed by atoms with Crippen LogP contribution in [-0.2, 0) is 10.9 Å². The average Bonchev–Trinajstić information content (AvgIpc) is 2.69. The van der Waals surface area contributed by atoms with Crippen molar-refractivity contribution in [3.8, 4) is 28.0 Å². The quantitative estimate of drug-likeness (QED) is 0.425. The van der Waals surface area contributed by atoms with Gasteiger partial charge in [-0.05, 0) is 36.2 Å². The molecule has 0 atom stereocenters. The number of rotatable bonds is 4. The van der Waals surface area contributed by atoms with Crippen LogP contribution in [0.5, 0.6) is 5.75 Å². The average molecular weight is 404 g/mol. The number of hydrogen-bond donors (Lipinski definition) is 1. The van der Waals surface area contributed by atoms with Crippen molar-refractivity contribution in [2.45, 2.75) is 13.1 Å². The highest BCUT2D eigenvalue weighted by Crippen LogP contribution is 2.40. The molecule has 0 spiro atoms. The normalized spacial score (nSPS) is 11.3. The van der Waals surface area contributed by atoms with Crippen LogP contribution in [0.25, 0.3) is 22.3 Å². The van der Waals surface area contributed by atoms with E-state index >= 15 is 4.39 Å². The summed E-state index contributed by atoms with van der Waals surface area (Å²) in [4.78, 5) is 12.4. The number of carbonyl (C=O) groups is 1. The minimum atomic E-state index is -4.56. The predicted octanol–water partition coefficient (Wildman–Crippen LogP) is 6.06. The number of hydrogen-bond acceptors (Lipinski definition) is 3. The summed E-state index contributed by atoms with van der Waals surface area (Å²) in [6.45, 7) is 1.52. The minimum absolute atomic E-state index is 0.00560. The van der Waals surface area contributed by atoms with Crippen LogP contribution in [0.4, 0.5) is 17.6 Å². The fourth-order valence-electron chi connectivity index (χ4n) is 2.98. The van der Waals surface area contributed by atoms with Gasteiger partial charge in [0.15, 0.2) is 0 Å². The fraction of sp³-hybridized carbons (Fsp3) is 0.136. The summed E-state index contributed by atoms with van der Waals surface area (Å²) in [7, 11) is 0. The van der Waals surface area contributed by atoms with Crippen LogP contribution in [0, 0.1) is 5.82 Å². The third kappa shape index (κ3) is 4.08. The number of esters is 1. The van der Waals surface area contributed by atoms with Gasteiger partial charge in [-0.3, -0.25) is 0 Å². The van der Waals surface area contributed by atoms with Crippen molar-refractivity contribution in [2.75, 3.05) is 6.61 Å². The first-order chi connectivity index (χ1) is 13.7. The van der Waals surface area contributed by atoms with Gasteiger partial charge in [-0.25, -0.2) is 9.18 Å². The molecule has 3 nitrogen and oxygen atoms in total. The molecular formula is C22H16F4O3. The van der Waals surface area contributed by atoms with Gasteiger partial charge >= 0.3 is 12.1 Å². The van der Waals surface area contributed by atoms with E-state index in [-0.39, 0.29) is 23.3 Å². The number of alkyl halides is 3. The third-order valence-electron chi connectivity index (χ3n) is 4.31. The lowest BCUT2D eigenvalue weighted by atomic mass is 9.92. The summed E-state index contributed by atoms with van der Waals surface area (Å²) in [6, 6.07) is 13.1. The number of phenolic OH excluding ortho intramolecular Hbond substituents is 1. The Labute approximate surface area is 164 Å². The van der Waals surface area contributed by atoms with Crippen molar-refractivity contribution in [1.82, 2.24) is 0 Å². The van der Waals surface area contributed by atoms with Crippen molar-refractivity contribution in [3.05, 3.63) is 77.6 Å². The van der Waals surface area contributed by atoms with Crippen LogP contribution in [0.15, 0.2) is 60.7 Å². The molecule has 0 aliphatic rings. The first kappa shape index (κ1) is 20.4. The van der Waals surface area contributed by atoms with Gasteiger partial charge in [-0.1, -0.05) is 42.5 Å². The van der Waals surface area contributed by atoms with Gasteiger partial charge in [-0.2, -0.15) is 13.2 Å². The lowest BCUT2D eigenvalue weighted by molar-refractivity contribution is -0.137. The highest BCUT2D eigenvalue weighted by molar-refractivity contribution is 6.01. The molecule has 0 saturated heterocycles. The Morgan fingerprint density at radius 2 is 1.62 bits per heavy atom. The molecule has 0 heterocycles. The number of ether oxygens (including phenoxy) is 1. The van der Waals surface area contributed by atoms with Crippen molar-refractivity contribution >= 4 is 5.97 Å². The molecule has 3 rings (SSSR count). The van der Waals surface area contributed by atoms with Gasteiger partial charge < -0.3 is 9.84 Å². The molecule has 0 saturated carbocycles. The van der Waals surface area contributed by atoms with Gasteiger partial charge in [0.25, 0.3) is 0 Å². The van der Waals surface area contributed by atoms with Crippen LogP contribution in [-0.4, -0.2) is 17.7 Å². The first-order valence-electron chi connectivity index (χ1n) is 8.69. The standard InChI is InChI=1S/C22H16F4O3/c1-2-29-21(28)19-17(27)12-16(13-6-4-3-5-7-13)20(23)18(19)14-8-10-15(11-9-14)22(24,25)26/h3-12,27H,2H2,1H3. The second-order valence-corrected chi connectivity index (χ2v) is 6.17. The lowest BCUT2D eigenvalue weighted by Gasteiger charge is -2.16. The molecule has 0 bridgehead atoms. The number of carbonyl (C=O) groups excluding carboxylic acids is 1. The van der Waals surface area contributed by atoms with Gasteiger partial charge in [0.1, 0.15) is 17.1 Å². The second kappa shape index (κ2) is 7.95. The van der Waals surface area contributed by atoms with E-state index in [2.05, 4.69) is 0 Å². The summed E-state index contributed by atoms with van der Waals surface area (Å²) < 4.78 is 59.0. The van der Waals surface area contributed by atoms with Crippen molar-refractivity contribution in [1.29, 1.82) is 0 Å². The van der Waals surface area contributed by atoms with Crippen LogP contribution >= 0.6 is 0 Å². The number of phenols is 1. The van der Waals surface area contributed by atoms with E-state index in [0.29, 0.717) is 5.56 Å². The summed E-state index contributed by atoms with van der Waals surface area (Å²) in [5.74, 6) is -2.35. The molecule has 0 aliphatic carbocycles. The third-order valence-corrected chi connectivity index (χ3v) is 4.31. The lowest BCUT2D eigenvalue weighted by Crippen LogP contribution is -2.09. The Morgan fingerprint density at radius 3 is 2.17 bits per heavy atom. The summed E-state index contributed by atoms with van der Waals surface area (Å²) in [5.41, 5.74) is -1.23. The van der Waals surface area contributed by atoms with Crippen molar-refractivity contribution in [3.63, 3.8) is 0 Å². The second-order valence-electron chi connectivity index (χ2n) is 6.17. The molecule has 0 radical (unpaired) electrons. The molecule has 29 heavy (non-hydrogen) atoms. The predicted molar refractivity (Wildman–Crippen MR) is 99.9 cm³/mol. The molecule has 0 fully saturated rings. The fourth-order valence-corrected chi connectivity index (χ4v) is 2.98. The molecule has 7 heteroatoms. The zero-order valence-corrected chi connectivity index (χ0v) is 15.3. The minimum Gasteiger partial charge on any atom is -0.507 e. The maximum atomic E-state index is 15.5. The maximum Gasteiger partial charge on any atom is 0.416 e. The number of aromatic hydroxyl groups is 1. The molecule has 1 N–H and O–H groups in total. The Kier molecular flexibility index (Phi) is 5.59. The van der Waals surface area contributed by atoms with E-state index in [4.69, 9.17) is 4.74 Å². The van der Waals surface area contributed by atoms with Gasteiger partial charge in [0.05, 0.1) is 12.2 Å². The molecular weight excluding hydrogens is 388 g/mol. The van der Waals surface area contributed by atoms with E-state index in [1.807, 2.05) is 0 Å².